The van der Waals surface area contributed by atoms with E-state index in [4.69, 9.17) is 9.26 Å². The van der Waals surface area contributed by atoms with Gasteiger partial charge in [0, 0.05) is 23.2 Å². The van der Waals surface area contributed by atoms with Crippen LogP contribution < -0.4 is 10.1 Å². The lowest BCUT2D eigenvalue weighted by Gasteiger charge is -2.02. The highest BCUT2D eigenvalue weighted by molar-refractivity contribution is 6.48. The average Bonchev–Trinajstić information content (AvgIpc) is 3.11. The molecule has 112 valence electrons. The van der Waals surface area contributed by atoms with Crippen molar-refractivity contribution < 1.29 is 18.8 Å². The molecule has 0 saturated carbocycles. The van der Waals surface area contributed by atoms with E-state index < -0.39 is 11.7 Å². The predicted molar refractivity (Wildman–Crippen MR) is 79.1 cm³/mol. The SMILES string of the molecule is COc1ccc2[nH]cc(C(=O)C(=O)Nc3cc(C)on3)c2c1. The smallest absolute Gasteiger partial charge is 0.298 e. The number of fused-ring (bicyclic) bond motifs is 1. The lowest BCUT2D eigenvalue weighted by molar-refractivity contribution is -0.112. The van der Waals surface area contributed by atoms with Crippen LogP contribution in [0.15, 0.2) is 35.0 Å². The first kappa shape index (κ1) is 13.9. The van der Waals surface area contributed by atoms with E-state index in [2.05, 4.69) is 15.5 Å². The van der Waals surface area contributed by atoms with Crippen LogP contribution in [0.25, 0.3) is 10.9 Å². The second-order valence-corrected chi connectivity index (χ2v) is 4.72. The molecule has 0 aliphatic rings. The molecule has 1 aromatic carbocycles. The van der Waals surface area contributed by atoms with E-state index in [-0.39, 0.29) is 11.4 Å². The zero-order valence-electron chi connectivity index (χ0n) is 12.0. The Balaban J connectivity index is 1.89. The summed E-state index contributed by atoms with van der Waals surface area (Å²) < 4.78 is 9.97. The molecule has 0 unspecified atom stereocenters. The molecule has 2 heterocycles. The lowest BCUT2D eigenvalue weighted by Crippen LogP contribution is -2.22. The van der Waals surface area contributed by atoms with Crippen molar-refractivity contribution in [2.75, 3.05) is 12.4 Å². The highest BCUT2D eigenvalue weighted by Crippen LogP contribution is 2.24. The normalized spacial score (nSPS) is 10.6. The van der Waals surface area contributed by atoms with Crippen molar-refractivity contribution >= 4 is 28.4 Å². The Bertz CT molecular complexity index is 863. The van der Waals surface area contributed by atoms with Crippen molar-refractivity contribution in [2.24, 2.45) is 0 Å². The van der Waals surface area contributed by atoms with E-state index in [1.165, 1.54) is 19.4 Å². The van der Waals surface area contributed by atoms with Gasteiger partial charge in [-0.1, -0.05) is 5.16 Å². The maximum absolute atomic E-state index is 12.3. The van der Waals surface area contributed by atoms with Gasteiger partial charge in [-0.2, -0.15) is 0 Å². The van der Waals surface area contributed by atoms with Crippen LogP contribution in [-0.4, -0.2) is 28.9 Å². The van der Waals surface area contributed by atoms with Gasteiger partial charge in [0.05, 0.1) is 12.7 Å². The van der Waals surface area contributed by atoms with Gasteiger partial charge >= 0.3 is 0 Å². The van der Waals surface area contributed by atoms with Gasteiger partial charge < -0.3 is 19.6 Å². The summed E-state index contributed by atoms with van der Waals surface area (Å²) in [7, 11) is 1.54. The highest BCUT2D eigenvalue weighted by Gasteiger charge is 2.21. The molecule has 0 radical (unpaired) electrons. The number of carbonyl (C=O) groups is 2. The summed E-state index contributed by atoms with van der Waals surface area (Å²) >= 11 is 0. The van der Waals surface area contributed by atoms with Crippen LogP contribution >= 0.6 is 0 Å². The number of nitrogens with zero attached hydrogens (tertiary/aromatic N) is 1. The van der Waals surface area contributed by atoms with Crippen LogP contribution in [0.3, 0.4) is 0 Å². The van der Waals surface area contributed by atoms with Crippen LogP contribution in [0.1, 0.15) is 16.1 Å². The molecule has 3 aromatic rings. The molecule has 1 amide bonds. The number of methoxy groups -OCH3 is 1. The highest BCUT2D eigenvalue weighted by atomic mass is 16.5. The number of hydrogen-bond acceptors (Lipinski definition) is 5. The molecule has 0 atom stereocenters. The monoisotopic (exact) mass is 299 g/mol. The minimum Gasteiger partial charge on any atom is -0.497 e. The summed E-state index contributed by atoms with van der Waals surface area (Å²) in [6, 6.07) is 6.78. The Morgan fingerprint density at radius 1 is 1.32 bits per heavy atom. The summed E-state index contributed by atoms with van der Waals surface area (Å²) in [6.07, 6.45) is 1.50. The standard InChI is InChI=1S/C15H13N3O4/c1-8-5-13(18-22-8)17-15(20)14(19)11-7-16-12-4-3-9(21-2)6-10(11)12/h3-7,16H,1-2H3,(H,17,18,20). The molecule has 22 heavy (non-hydrogen) atoms. The van der Waals surface area contributed by atoms with Gasteiger partial charge in [-0.05, 0) is 25.1 Å². The number of rotatable bonds is 4. The third-order valence-electron chi connectivity index (χ3n) is 3.21. The van der Waals surface area contributed by atoms with Crippen molar-refractivity contribution in [3.05, 3.63) is 41.8 Å². The molecule has 3 rings (SSSR count). The summed E-state index contributed by atoms with van der Waals surface area (Å²) in [5.74, 6) is -0.0984. The van der Waals surface area contributed by atoms with Gasteiger partial charge in [-0.15, -0.1) is 0 Å². The summed E-state index contributed by atoms with van der Waals surface area (Å²) in [5.41, 5.74) is 1.01. The fourth-order valence-electron chi connectivity index (χ4n) is 2.14. The molecule has 0 spiro atoms. The predicted octanol–water partition coefficient (Wildman–Crippen LogP) is 2.29. The summed E-state index contributed by atoms with van der Waals surface area (Å²) in [5, 5.41) is 6.65. The second-order valence-electron chi connectivity index (χ2n) is 4.72. The minimum atomic E-state index is -0.781. The van der Waals surface area contributed by atoms with Crippen LogP contribution in [0, 0.1) is 6.92 Å². The Hall–Kier alpha value is -3.09. The molecule has 7 heteroatoms. The first-order valence-corrected chi connectivity index (χ1v) is 6.52. The topological polar surface area (TPSA) is 97.2 Å². The number of Topliss-reactive ketones (excluding diaryl/α,β-unsaturated/α-hetero) is 1. The number of aromatic amines is 1. The first-order chi connectivity index (χ1) is 10.6. The van der Waals surface area contributed by atoms with Gasteiger partial charge in [0.2, 0.25) is 0 Å². The molecule has 2 aromatic heterocycles. The Morgan fingerprint density at radius 2 is 2.14 bits per heavy atom. The van der Waals surface area contributed by atoms with Gasteiger partial charge in [0.15, 0.2) is 5.82 Å². The van der Waals surface area contributed by atoms with Crippen LogP contribution in [0.5, 0.6) is 5.75 Å². The molecule has 2 N–H and O–H groups in total. The molecule has 0 aliphatic heterocycles. The zero-order valence-corrected chi connectivity index (χ0v) is 12.0. The Labute approximate surface area is 125 Å². The molecule has 7 nitrogen and oxygen atoms in total. The van der Waals surface area contributed by atoms with Crippen LogP contribution in [0.2, 0.25) is 0 Å². The van der Waals surface area contributed by atoms with Crippen LogP contribution in [-0.2, 0) is 4.79 Å². The van der Waals surface area contributed by atoms with E-state index in [0.29, 0.717) is 16.9 Å². The van der Waals surface area contributed by atoms with E-state index in [0.717, 1.165) is 5.52 Å². The third-order valence-corrected chi connectivity index (χ3v) is 3.21. The lowest BCUT2D eigenvalue weighted by atomic mass is 10.1. The summed E-state index contributed by atoms with van der Waals surface area (Å²) in [4.78, 5) is 27.3. The fraction of sp³-hybridized carbons (Fsp3) is 0.133. The number of H-pyrrole nitrogens is 1. The minimum absolute atomic E-state index is 0.202. The van der Waals surface area contributed by atoms with Crippen molar-refractivity contribution in [1.29, 1.82) is 0 Å². The molecule has 0 saturated heterocycles. The van der Waals surface area contributed by atoms with E-state index in [1.807, 2.05) is 0 Å². The Kier molecular flexibility index (Phi) is 3.38. The fourth-order valence-corrected chi connectivity index (χ4v) is 2.14. The van der Waals surface area contributed by atoms with Gasteiger partial charge in [-0.3, -0.25) is 9.59 Å². The average molecular weight is 299 g/mol. The second kappa shape index (κ2) is 5.36. The summed E-state index contributed by atoms with van der Waals surface area (Å²) in [6.45, 7) is 1.69. The van der Waals surface area contributed by atoms with Gasteiger partial charge in [0.25, 0.3) is 11.7 Å². The zero-order chi connectivity index (χ0) is 15.7. The van der Waals surface area contributed by atoms with Gasteiger partial charge in [0.1, 0.15) is 11.5 Å². The number of ketones is 1. The molecular formula is C15H13N3O4. The molecular weight excluding hydrogens is 286 g/mol. The third kappa shape index (κ3) is 2.44. The number of anilines is 1. The largest absolute Gasteiger partial charge is 0.497 e. The van der Waals surface area contributed by atoms with Gasteiger partial charge in [-0.25, -0.2) is 0 Å². The number of nitrogens with one attached hydrogen (secondary N) is 2. The molecule has 0 fully saturated rings. The molecule has 0 aliphatic carbocycles. The number of benzene rings is 1. The number of aryl methyl sites for hydroxylation is 1. The molecule has 0 bridgehead atoms. The number of amides is 1. The first-order valence-electron chi connectivity index (χ1n) is 6.52. The number of hydrogen-bond donors (Lipinski definition) is 2. The maximum atomic E-state index is 12.3. The van der Waals surface area contributed by atoms with E-state index in [9.17, 15) is 9.59 Å². The number of carbonyl (C=O) groups excluding carboxylic acids is 2. The van der Waals surface area contributed by atoms with Crippen molar-refractivity contribution in [1.82, 2.24) is 10.1 Å². The van der Waals surface area contributed by atoms with Crippen molar-refractivity contribution in [2.45, 2.75) is 6.92 Å². The van der Waals surface area contributed by atoms with Crippen molar-refractivity contribution in [3.8, 4) is 5.75 Å². The van der Waals surface area contributed by atoms with E-state index >= 15 is 0 Å². The Morgan fingerprint density at radius 3 is 2.82 bits per heavy atom. The quantitative estimate of drug-likeness (QED) is 0.569. The van der Waals surface area contributed by atoms with Crippen LogP contribution in [0.4, 0.5) is 5.82 Å². The van der Waals surface area contributed by atoms with E-state index in [1.54, 1.807) is 25.1 Å². The van der Waals surface area contributed by atoms with Crippen molar-refractivity contribution in [3.63, 3.8) is 0 Å². The number of ether oxygens (including phenoxy) is 1. The number of aromatic nitrogens is 2. The maximum Gasteiger partial charge on any atom is 0.298 e.